The molecule has 176 valence electrons. The van der Waals surface area contributed by atoms with E-state index in [4.69, 9.17) is 9.15 Å². The SMILES string of the molecule is CN(C)CCn1c(O)c(Cc2ccc(OCc3coc(C=Cc4ccccc4)n3)cc2)sc1=O. The Balaban J connectivity index is 1.32. The van der Waals surface area contributed by atoms with Crippen LogP contribution in [0.4, 0.5) is 0 Å². The molecule has 2 heterocycles. The maximum Gasteiger partial charge on any atom is 0.310 e. The highest BCUT2D eigenvalue weighted by Gasteiger charge is 2.14. The molecule has 0 aliphatic carbocycles. The van der Waals surface area contributed by atoms with Crippen LogP contribution >= 0.6 is 11.3 Å². The first-order valence-electron chi connectivity index (χ1n) is 10.9. The lowest BCUT2D eigenvalue weighted by Gasteiger charge is -2.10. The van der Waals surface area contributed by atoms with E-state index >= 15 is 0 Å². The van der Waals surface area contributed by atoms with Crippen molar-refractivity contribution in [2.75, 3.05) is 20.6 Å². The Kier molecular flexibility index (Phi) is 7.61. The topological polar surface area (TPSA) is 80.7 Å². The predicted molar refractivity (Wildman–Crippen MR) is 134 cm³/mol. The van der Waals surface area contributed by atoms with Crippen LogP contribution in [-0.4, -0.2) is 40.2 Å². The molecule has 0 saturated heterocycles. The van der Waals surface area contributed by atoms with Gasteiger partial charge >= 0.3 is 4.87 Å². The van der Waals surface area contributed by atoms with E-state index in [0.29, 0.717) is 48.3 Å². The molecule has 0 bridgehead atoms. The molecular formula is C26H27N3O4S. The minimum Gasteiger partial charge on any atom is -0.494 e. The van der Waals surface area contributed by atoms with Gasteiger partial charge in [-0.3, -0.25) is 9.36 Å². The Bertz CT molecular complexity index is 1290. The van der Waals surface area contributed by atoms with Gasteiger partial charge in [0, 0.05) is 25.6 Å². The van der Waals surface area contributed by atoms with Gasteiger partial charge in [-0.2, -0.15) is 0 Å². The molecule has 7 nitrogen and oxygen atoms in total. The van der Waals surface area contributed by atoms with Crippen molar-refractivity contribution in [1.29, 1.82) is 0 Å². The molecule has 0 radical (unpaired) electrons. The molecule has 0 spiro atoms. The van der Waals surface area contributed by atoms with Crippen molar-refractivity contribution in [1.82, 2.24) is 14.5 Å². The van der Waals surface area contributed by atoms with Crippen LogP contribution in [0.15, 0.2) is 70.1 Å². The van der Waals surface area contributed by atoms with E-state index in [9.17, 15) is 9.90 Å². The molecule has 8 heteroatoms. The fourth-order valence-electron chi connectivity index (χ4n) is 3.30. The summed E-state index contributed by atoms with van der Waals surface area (Å²) in [7, 11) is 3.87. The van der Waals surface area contributed by atoms with Crippen molar-refractivity contribution in [3.8, 4) is 11.6 Å². The average Bonchev–Trinajstić information content (AvgIpc) is 3.40. The summed E-state index contributed by atoms with van der Waals surface area (Å²) in [5.41, 5.74) is 2.76. The third kappa shape index (κ3) is 6.24. The second-order valence-electron chi connectivity index (χ2n) is 8.10. The summed E-state index contributed by atoms with van der Waals surface area (Å²) < 4.78 is 12.7. The zero-order valence-electron chi connectivity index (χ0n) is 19.2. The summed E-state index contributed by atoms with van der Waals surface area (Å²) in [5.74, 6) is 1.28. The highest BCUT2D eigenvalue weighted by molar-refractivity contribution is 7.09. The van der Waals surface area contributed by atoms with E-state index in [1.54, 1.807) is 6.26 Å². The van der Waals surface area contributed by atoms with E-state index in [1.807, 2.05) is 85.7 Å². The fraction of sp³-hybridized carbons (Fsp3) is 0.231. The Morgan fingerprint density at radius 1 is 1.12 bits per heavy atom. The van der Waals surface area contributed by atoms with Crippen LogP contribution in [0.5, 0.6) is 11.6 Å². The van der Waals surface area contributed by atoms with Gasteiger partial charge in [-0.25, -0.2) is 4.98 Å². The van der Waals surface area contributed by atoms with Crippen LogP contribution in [0.25, 0.3) is 12.2 Å². The van der Waals surface area contributed by atoms with E-state index in [2.05, 4.69) is 4.98 Å². The lowest BCUT2D eigenvalue weighted by Crippen LogP contribution is -2.22. The number of nitrogens with zero attached hydrogens (tertiary/aromatic N) is 3. The van der Waals surface area contributed by atoms with Gasteiger partial charge in [0.1, 0.15) is 24.3 Å². The number of hydrogen-bond donors (Lipinski definition) is 1. The fourth-order valence-corrected chi connectivity index (χ4v) is 4.24. The summed E-state index contributed by atoms with van der Waals surface area (Å²) in [6, 6.07) is 17.6. The summed E-state index contributed by atoms with van der Waals surface area (Å²) in [5, 5.41) is 10.5. The first kappa shape index (κ1) is 23.5. The molecule has 0 amide bonds. The van der Waals surface area contributed by atoms with Gasteiger partial charge in [0.25, 0.3) is 0 Å². The molecule has 4 rings (SSSR count). The standard InChI is InChI=1S/C26H27N3O4S/c1-28(2)14-15-29-25(30)23(34-26(29)31)16-20-8-11-22(12-9-20)32-17-21-18-33-24(27-21)13-10-19-6-4-3-5-7-19/h3-13,18,30H,14-17H2,1-2H3. The number of aromatic hydroxyl groups is 1. The molecule has 4 aromatic rings. The van der Waals surface area contributed by atoms with Gasteiger partial charge in [0.15, 0.2) is 0 Å². The molecule has 34 heavy (non-hydrogen) atoms. The maximum atomic E-state index is 12.2. The van der Waals surface area contributed by atoms with Crippen LogP contribution in [0.2, 0.25) is 0 Å². The Labute approximate surface area is 202 Å². The first-order valence-corrected chi connectivity index (χ1v) is 11.7. The summed E-state index contributed by atoms with van der Waals surface area (Å²) in [4.78, 5) is 19.1. The van der Waals surface area contributed by atoms with Crippen molar-refractivity contribution in [3.05, 3.63) is 98.1 Å². The van der Waals surface area contributed by atoms with Gasteiger partial charge in [-0.15, -0.1) is 0 Å². The number of likely N-dealkylation sites (N-methyl/N-ethyl adjacent to an activating group) is 1. The molecule has 0 atom stereocenters. The second-order valence-corrected chi connectivity index (χ2v) is 9.15. The molecular weight excluding hydrogens is 450 g/mol. The van der Waals surface area contributed by atoms with Crippen LogP contribution in [0.3, 0.4) is 0 Å². The number of oxazole rings is 1. The molecule has 0 unspecified atom stereocenters. The molecule has 0 fully saturated rings. The summed E-state index contributed by atoms with van der Waals surface area (Å²) >= 11 is 1.09. The Morgan fingerprint density at radius 2 is 1.88 bits per heavy atom. The highest BCUT2D eigenvalue weighted by Crippen LogP contribution is 2.24. The van der Waals surface area contributed by atoms with Gasteiger partial charge in [-0.1, -0.05) is 53.8 Å². The highest BCUT2D eigenvalue weighted by atomic mass is 32.1. The van der Waals surface area contributed by atoms with Crippen LogP contribution in [-0.2, 0) is 19.6 Å². The van der Waals surface area contributed by atoms with Crippen LogP contribution in [0, 0.1) is 0 Å². The maximum absolute atomic E-state index is 12.2. The Morgan fingerprint density at radius 3 is 2.62 bits per heavy atom. The van der Waals surface area contributed by atoms with Crippen molar-refractivity contribution < 1.29 is 14.3 Å². The first-order chi connectivity index (χ1) is 16.5. The summed E-state index contributed by atoms with van der Waals surface area (Å²) in [6.45, 7) is 1.44. The Hall–Kier alpha value is -3.62. The monoisotopic (exact) mass is 477 g/mol. The molecule has 1 N–H and O–H groups in total. The van der Waals surface area contributed by atoms with Crippen LogP contribution < -0.4 is 9.61 Å². The quantitative estimate of drug-likeness (QED) is 0.362. The zero-order chi connectivity index (χ0) is 23.9. The van der Waals surface area contributed by atoms with Gasteiger partial charge in [-0.05, 0) is 43.4 Å². The van der Waals surface area contributed by atoms with Gasteiger partial charge < -0.3 is 19.2 Å². The summed E-state index contributed by atoms with van der Waals surface area (Å²) in [6.07, 6.45) is 5.84. The third-order valence-corrected chi connectivity index (χ3v) is 6.14. The van der Waals surface area contributed by atoms with Crippen LogP contribution in [0.1, 0.15) is 27.6 Å². The van der Waals surface area contributed by atoms with Gasteiger partial charge in [0.2, 0.25) is 11.8 Å². The number of hydrogen-bond acceptors (Lipinski definition) is 7. The predicted octanol–water partition coefficient (Wildman–Crippen LogP) is 4.51. The lowest BCUT2D eigenvalue weighted by atomic mass is 10.1. The van der Waals surface area contributed by atoms with E-state index in [1.165, 1.54) is 4.57 Å². The lowest BCUT2D eigenvalue weighted by molar-refractivity contribution is 0.301. The van der Waals surface area contributed by atoms with Gasteiger partial charge in [0.05, 0.1) is 4.88 Å². The molecule has 2 aromatic heterocycles. The molecule has 0 aliphatic heterocycles. The van der Waals surface area contributed by atoms with Crippen molar-refractivity contribution >= 4 is 23.5 Å². The number of aromatic nitrogens is 2. The number of ether oxygens (including phenoxy) is 1. The largest absolute Gasteiger partial charge is 0.494 e. The second kappa shape index (κ2) is 11.0. The van der Waals surface area contributed by atoms with Crippen molar-refractivity contribution in [3.63, 3.8) is 0 Å². The normalized spacial score (nSPS) is 11.5. The average molecular weight is 478 g/mol. The number of thiazole rings is 1. The third-order valence-electron chi connectivity index (χ3n) is 5.17. The minimum absolute atomic E-state index is 0.0559. The van der Waals surface area contributed by atoms with E-state index in [0.717, 1.165) is 22.5 Å². The zero-order valence-corrected chi connectivity index (χ0v) is 20.0. The minimum atomic E-state index is -0.139. The van der Waals surface area contributed by atoms with Crippen molar-refractivity contribution in [2.24, 2.45) is 0 Å². The molecule has 0 aliphatic rings. The molecule has 2 aromatic carbocycles. The van der Waals surface area contributed by atoms with Crippen molar-refractivity contribution in [2.45, 2.75) is 19.6 Å². The van der Waals surface area contributed by atoms with E-state index in [-0.39, 0.29) is 10.8 Å². The molecule has 0 saturated carbocycles. The smallest absolute Gasteiger partial charge is 0.310 e. The number of rotatable bonds is 10. The number of benzene rings is 2. The van der Waals surface area contributed by atoms with E-state index < -0.39 is 0 Å².